The summed E-state index contributed by atoms with van der Waals surface area (Å²) in [4.78, 5) is 5.45. The van der Waals surface area contributed by atoms with Crippen molar-refractivity contribution < 1.29 is 0 Å². The molecule has 0 amide bonds. The molecule has 2 aromatic carbocycles. The summed E-state index contributed by atoms with van der Waals surface area (Å²) in [5.41, 5.74) is 4.90. The van der Waals surface area contributed by atoms with E-state index < -0.39 is 0 Å². The highest BCUT2D eigenvalue weighted by Crippen LogP contribution is 2.21. The standard InChI is InChI=1S/C15H12NS/c1-2-13-8-6-7-11-15(13)16-12-17-14-9-4-3-5-10-14/h2-11H,1H2. The van der Waals surface area contributed by atoms with Crippen LogP contribution in [0.15, 0.2) is 71.1 Å². The molecule has 83 valence electrons. The van der Waals surface area contributed by atoms with Gasteiger partial charge >= 0.3 is 0 Å². The van der Waals surface area contributed by atoms with Gasteiger partial charge in [0.15, 0.2) is 0 Å². The maximum Gasteiger partial charge on any atom is 0.134 e. The average molecular weight is 238 g/mol. The summed E-state index contributed by atoms with van der Waals surface area (Å²) >= 11 is 1.48. The molecule has 0 atom stereocenters. The highest BCUT2D eigenvalue weighted by molar-refractivity contribution is 8.12. The lowest BCUT2D eigenvalue weighted by atomic mass is 10.2. The highest BCUT2D eigenvalue weighted by Gasteiger charge is 1.94. The molecule has 2 rings (SSSR count). The van der Waals surface area contributed by atoms with E-state index in [0.717, 1.165) is 16.1 Å². The quantitative estimate of drug-likeness (QED) is 0.429. The third kappa shape index (κ3) is 3.33. The maximum atomic E-state index is 4.31. The van der Waals surface area contributed by atoms with Gasteiger partial charge in [-0.25, -0.2) is 4.99 Å². The van der Waals surface area contributed by atoms with Crippen molar-refractivity contribution in [1.29, 1.82) is 0 Å². The zero-order valence-electron chi connectivity index (χ0n) is 9.34. The number of thioether (sulfide) groups is 1. The van der Waals surface area contributed by atoms with E-state index in [9.17, 15) is 0 Å². The summed E-state index contributed by atoms with van der Waals surface area (Å²) < 4.78 is 0. The molecule has 17 heavy (non-hydrogen) atoms. The normalized spacial score (nSPS) is 10.6. The van der Waals surface area contributed by atoms with Gasteiger partial charge in [0.25, 0.3) is 0 Å². The van der Waals surface area contributed by atoms with Crippen LogP contribution in [0.5, 0.6) is 0 Å². The second kappa shape index (κ2) is 6.06. The van der Waals surface area contributed by atoms with Gasteiger partial charge in [-0.3, -0.25) is 0 Å². The fourth-order valence-corrected chi connectivity index (χ4v) is 1.92. The van der Waals surface area contributed by atoms with Crippen LogP contribution < -0.4 is 0 Å². The fraction of sp³-hybridized carbons (Fsp3) is 0. The third-order valence-corrected chi connectivity index (χ3v) is 2.92. The topological polar surface area (TPSA) is 12.4 Å². The first kappa shape index (κ1) is 11.7. The Morgan fingerprint density at radius 2 is 1.71 bits per heavy atom. The molecule has 0 aliphatic rings. The van der Waals surface area contributed by atoms with Crippen molar-refractivity contribution in [2.24, 2.45) is 4.99 Å². The average Bonchev–Trinajstić information content (AvgIpc) is 2.40. The lowest BCUT2D eigenvalue weighted by Gasteiger charge is -1.98. The van der Waals surface area contributed by atoms with E-state index in [1.807, 2.05) is 54.6 Å². The fourth-order valence-electron chi connectivity index (χ4n) is 1.38. The molecule has 2 heteroatoms. The van der Waals surface area contributed by atoms with E-state index in [1.165, 1.54) is 11.8 Å². The van der Waals surface area contributed by atoms with E-state index in [4.69, 9.17) is 0 Å². The lowest BCUT2D eigenvalue weighted by molar-refractivity contribution is 1.47. The zero-order chi connectivity index (χ0) is 11.9. The second-order valence-corrected chi connectivity index (χ2v) is 4.24. The first-order chi connectivity index (χ1) is 8.40. The molecular weight excluding hydrogens is 226 g/mol. The molecule has 0 aromatic heterocycles. The van der Waals surface area contributed by atoms with Crippen molar-refractivity contribution >= 4 is 29.1 Å². The van der Waals surface area contributed by atoms with Gasteiger partial charge in [-0.1, -0.05) is 60.8 Å². The number of hydrogen-bond donors (Lipinski definition) is 0. The second-order valence-electron chi connectivity index (χ2n) is 3.38. The van der Waals surface area contributed by atoms with Crippen LogP contribution in [0, 0.1) is 0 Å². The molecule has 0 saturated heterocycles. The van der Waals surface area contributed by atoms with Crippen molar-refractivity contribution in [3.63, 3.8) is 0 Å². The molecule has 0 saturated carbocycles. The van der Waals surface area contributed by atoms with Crippen molar-refractivity contribution in [3.05, 3.63) is 66.7 Å². The minimum Gasteiger partial charge on any atom is -0.238 e. The van der Waals surface area contributed by atoms with Gasteiger partial charge < -0.3 is 0 Å². The van der Waals surface area contributed by atoms with E-state index >= 15 is 0 Å². The molecule has 0 N–H and O–H groups in total. The van der Waals surface area contributed by atoms with Crippen molar-refractivity contribution in [2.45, 2.75) is 4.90 Å². The molecule has 2 aromatic rings. The summed E-state index contributed by atoms with van der Waals surface area (Å²) in [6, 6.07) is 17.9. The molecule has 0 unspecified atom stereocenters. The molecule has 0 aliphatic carbocycles. The van der Waals surface area contributed by atoms with E-state index in [-0.39, 0.29) is 0 Å². The number of rotatable bonds is 4. The van der Waals surface area contributed by atoms with Crippen LogP contribution in [0.2, 0.25) is 0 Å². The molecular formula is C15H12NS. The van der Waals surface area contributed by atoms with Crippen LogP contribution in [0.3, 0.4) is 0 Å². The van der Waals surface area contributed by atoms with Crippen LogP contribution in [0.25, 0.3) is 6.08 Å². The largest absolute Gasteiger partial charge is 0.238 e. The van der Waals surface area contributed by atoms with Gasteiger partial charge in [0.2, 0.25) is 0 Å². The Kier molecular flexibility index (Phi) is 4.17. The summed E-state index contributed by atoms with van der Waals surface area (Å²) in [6.45, 7) is 3.76. The van der Waals surface area contributed by atoms with Gasteiger partial charge in [-0.2, -0.15) is 0 Å². The summed E-state index contributed by atoms with van der Waals surface area (Å²) in [5.74, 6) is 0. The Morgan fingerprint density at radius 3 is 2.47 bits per heavy atom. The Morgan fingerprint density at radius 1 is 1.00 bits per heavy atom. The molecule has 0 heterocycles. The Hall–Kier alpha value is -1.80. The third-order valence-electron chi connectivity index (χ3n) is 2.23. The Balaban J connectivity index is 2.08. The number of hydrogen-bond acceptors (Lipinski definition) is 2. The Bertz CT molecular complexity index is 517. The Labute approximate surface area is 106 Å². The number of aliphatic imine (C=N–C) groups is 1. The van der Waals surface area contributed by atoms with Crippen molar-refractivity contribution in [3.8, 4) is 0 Å². The first-order valence-electron chi connectivity index (χ1n) is 5.29. The van der Waals surface area contributed by atoms with Crippen LogP contribution in [0.4, 0.5) is 5.69 Å². The van der Waals surface area contributed by atoms with Gasteiger partial charge in [-0.05, 0) is 23.8 Å². The SMILES string of the molecule is C=Cc1ccccc1N=[C]Sc1ccccc1. The highest BCUT2D eigenvalue weighted by atomic mass is 32.2. The minimum atomic E-state index is 0.894. The van der Waals surface area contributed by atoms with E-state index in [0.29, 0.717) is 0 Å². The van der Waals surface area contributed by atoms with E-state index in [2.05, 4.69) is 17.1 Å². The maximum absolute atomic E-state index is 4.31. The number of nitrogens with zero attached hydrogens (tertiary/aromatic N) is 1. The van der Waals surface area contributed by atoms with E-state index in [1.54, 1.807) is 6.08 Å². The summed E-state index contributed by atoms with van der Waals surface area (Å²) in [5, 5.41) is 0. The predicted molar refractivity (Wildman–Crippen MR) is 75.9 cm³/mol. The predicted octanol–water partition coefficient (Wildman–Crippen LogP) is 4.66. The van der Waals surface area contributed by atoms with Crippen molar-refractivity contribution in [1.82, 2.24) is 0 Å². The van der Waals surface area contributed by atoms with Crippen LogP contribution >= 0.6 is 11.8 Å². The van der Waals surface area contributed by atoms with Gasteiger partial charge in [0.1, 0.15) is 5.55 Å². The monoisotopic (exact) mass is 238 g/mol. The van der Waals surface area contributed by atoms with Crippen LogP contribution in [-0.4, -0.2) is 5.55 Å². The van der Waals surface area contributed by atoms with Crippen LogP contribution in [-0.2, 0) is 0 Å². The first-order valence-corrected chi connectivity index (χ1v) is 6.11. The van der Waals surface area contributed by atoms with Gasteiger partial charge in [-0.15, -0.1) is 0 Å². The van der Waals surface area contributed by atoms with Crippen molar-refractivity contribution in [2.75, 3.05) is 0 Å². The molecule has 0 fully saturated rings. The smallest absolute Gasteiger partial charge is 0.134 e. The molecule has 0 aliphatic heterocycles. The molecule has 0 bridgehead atoms. The minimum absolute atomic E-state index is 0.894. The summed E-state index contributed by atoms with van der Waals surface area (Å²) in [7, 11) is 0. The molecule has 0 spiro atoms. The zero-order valence-corrected chi connectivity index (χ0v) is 10.2. The molecule has 1 nitrogen and oxygen atoms in total. The summed E-state index contributed by atoms with van der Waals surface area (Å²) in [6.07, 6.45) is 1.80. The lowest BCUT2D eigenvalue weighted by Crippen LogP contribution is -1.74. The van der Waals surface area contributed by atoms with Gasteiger partial charge in [0.05, 0.1) is 5.69 Å². The van der Waals surface area contributed by atoms with Crippen LogP contribution in [0.1, 0.15) is 5.56 Å². The van der Waals surface area contributed by atoms with Gasteiger partial charge in [0, 0.05) is 4.90 Å². The number of benzene rings is 2. The molecule has 1 radical (unpaired) electrons. The number of para-hydroxylation sites is 1.